The van der Waals surface area contributed by atoms with Gasteiger partial charge in [-0.2, -0.15) is 5.10 Å². The third-order valence-corrected chi connectivity index (χ3v) is 6.88. The van der Waals surface area contributed by atoms with Crippen LogP contribution in [0.1, 0.15) is 69.0 Å². The maximum absolute atomic E-state index is 12.7. The average Bonchev–Trinajstić information content (AvgIpc) is 3.24. The maximum Gasteiger partial charge on any atom is 0.222 e. The number of carbonyl (C=O) groups excluding carboxylic acids is 1. The Labute approximate surface area is 181 Å². The zero-order valence-corrected chi connectivity index (χ0v) is 19.2. The van der Waals surface area contributed by atoms with Crippen LogP contribution in [-0.2, 0) is 16.1 Å². The van der Waals surface area contributed by atoms with Crippen LogP contribution in [0.5, 0.6) is 0 Å². The van der Waals surface area contributed by atoms with Gasteiger partial charge in [0.1, 0.15) is 0 Å². The van der Waals surface area contributed by atoms with Gasteiger partial charge in [-0.15, -0.1) is 0 Å². The number of aromatic amines is 1. The van der Waals surface area contributed by atoms with Crippen LogP contribution in [0.15, 0.2) is 6.20 Å². The van der Waals surface area contributed by atoms with Crippen LogP contribution in [0.4, 0.5) is 0 Å². The first-order valence-electron chi connectivity index (χ1n) is 11.8. The lowest BCUT2D eigenvalue weighted by Crippen LogP contribution is -2.45. The van der Waals surface area contributed by atoms with Crippen LogP contribution in [0.3, 0.4) is 0 Å². The van der Waals surface area contributed by atoms with Crippen LogP contribution in [0.2, 0.25) is 0 Å². The van der Waals surface area contributed by atoms with Gasteiger partial charge in [0.25, 0.3) is 0 Å². The second-order valence-electron chi connectivity index (χ2n) is 9.10. The molecule has 1 aromatic heterocycles. The summed E-state index contributed by atoms with van der Waals surface area (Å²) in [4.78, 5) is 17.3. The number of hydrogen-bond acceptors (Lipinski definition) is 5. The van der Waals surface area contributed by atoms with Crippen molar-refractivity contribution in [3.05, 3.63) is 17.5 Å². The normalized spacial score (nSPS) is 23.1. The zero-order valence-electron chi connectivity index (χ0n) is 19.2. The fourth-order valence-corrected chi connectivity index (χ4v) is 5.00. The van der Waals surface area contributed by atoms with E-state index >= 15 is 0 Å². The molecule has 2 N–H and O–H groups in total. The fraction of sp³-hybridized carbons (Fsp3) is 0.826. The first-order chi connectivity index (χ1) is 14.6. The molecule has 1 aliphatic heterocycles. The number of nitrogens with one attached hydrogen (secondary N) is 2. The van der Waals surface area contributed by atoms with E-state index in [1.165, 1.54) is 11.3 Å². The highest BCUT2D eigenvalue weighted by atomic mass is 16.5. The van der Waals surface area contributed by atoms with E-state index in [1.54, 1.807) is 0 Å². The van der Waals surface area contributed by atoms with Gasteiger partial charge in [-0.25, -0.2) is 0 Å². The van der Waals surface area contributed by atoms with Crippen molar-refractivity contribution in [2.24, 2.45) is 5.92 Å². The van der Waals surface area contributed by atoms with Crippen LogP contribution in [-0.4, -0.2) is 78.9 Å². The lowest BCUT2D eigenvalue weighted by Gasteiger charge is -2.39. The second-order valence-corrected chi connectivity index (χ2v) is 9.10. The van der Waals surface area contributed by atoms with E-state index in [0.717, 1.165) is 77.9 Å². The lowest BCUT2D eigenvalue weighted by molar-refractivity contribution is -0.135. The zero-order chi connectivity index (χ0) is 21.3. The van der Waals surface area contributed by atoms with E-state index in [9.17, 15) is 4.79 Å². The first-order valence-corrected chi connectivity index (χ1v) is 11.8. The van der Waals surface area contributed by atoms with Gasteiger partial charge in [0.05, 0.1) is 5.69 Å². The van der Waals surface area contributed by atoms with Crippen LogP contribution < -0.4 is 5.32 Å². The van der Waals surface area contributed by atoms with Crippen molar-refractivity contribution in [2.45, 2.75) is 70.4 Å². The van der Waals surface area contributed by atoms with Crippen molar-refractivity contribution >= 4 is 5.91 Å². The van der Waals surface area contributed by atoms with Crippen molar-refractivity contribution in [1.29, 1.82) is 0 Å². The van der Waals surface area contributed by atoms with Gasteiger partial charge < -0.3 is 19.9 Å². The number of rotatable bonds is 10. The minimum atomic E-state index is 0.316. The number of amides is 1. The summed E-state index contributed by atoms with van der Waals surface area (Å²) in [7, 11) is 4.15. The first kappa shape index (κ1) is 23.2. The van der Waals surface area contributed by atoms with E-state index < -0.39 is 0 Å². The average molecular weight is 420 g/mol. The summed E-state index contributed by atoms with van der Waals surface area (Å²) in [5, 5.41) is 10.9. The molecule has 2 aliphatic rings. The molecule has 7 heteroatoms. The number of nitrogens with zero attached hydrogens (tertiary/aromatic N) is 3. The highest BCUT2D eigenvalue weighted by Gasteiger charge is 2.32. The summed E-state index contributed by atoms with van der Waals surface area (Å²) < 4.78 is 5.51. The van der Waals surface area contributed by atoms with Crippen molar-refractivity contribution in [1.82, 2.24) is 25.3 Å². The van der Waals surface area contributed by atoms with Crippen LogP contribution in [0.25, 0.3) is 0 Å². The Balaban J connectivity index is 1.56. The third-order valence-electron chi connectivity index (χ3n) is 6.88. The molecule has 1 aromatic rings. The van der Waals surface area contributed by atoms with Gasteiger partial charge in [0.15, 0.2) is 0 Å². The fourth-order valence-electron chi connectivity index (χ4n) is 5.00. The largest absolute Gasteiger partial charge is 0.381 e. The van der Waals surface area contributed by atoms with Gasteiger partial charge in [-0.3, -0.25) is 9.89 Å². The predicted molar refractivity (Wildman–Crippen MR) is 119 cm³/mol. The highest BCUT2D eigenvalue weighted by Crippen LogP contribution is 2.36. The van der Waals surface area contributed by atoms with Crippen molar-refractivity contribution < 1.29 is 9.53 Å². The number of aromatic nitrogens is 2. The predicted octanol–water partition coefficient (Wildman–Crippen LogP) is 2.75. The molecule has 7 nitrogen and oxygen atoms in total. The SMILES string of the molecule is CCC(=O)N(CC1CCOCC1)[C@H]1CC[C@@H](c2n[nH]cc2CN(C)CCNC)CC1. The second kappa shape index (κ2) is 11.8. The molecule has 1 saturated heterocycles. The molecule has 0 unspecified atom stereocenters. The Morgan fingerprint density at radius 1 is 1.23 bits per heavy atom. The van der Waals surface area contributed by atoms with Crippen molar-refractivity contribution in [3.8, 4) is 0 Å². The molecule has 170 valence electrons. The Kier molecular flexibility index (Phi) is 9.15. The molecule has 0 atom stereocenters. The van der Waals surface area contributed by atoms with E-state index in [-0.39, 0.29) is 0 Å². The highest BCUT2D eigenvalue weighted by molar-refractivity contribution is 5.76. The van der Waals surface area contributed by atoms with Crippen LogP contribution >= 0.6 is 0 Å². The number of H-pyrrole nitrogens is 1. The third kappa shape index (κ3) is 6.28. The molecule has 0 radical (unpaired) electrons. The van der Waals surface area contributed by atoms with E-state index in [4.69, 9.17) is 4.74 Å². The molecule has 0 bridgehead atoms. The van der Waals surface area contributed by atoms with Gasteiger partial charge in [-0.1, -0.05) is 6.92 Å². The summed E-state index contributed by atoms with van der Waals surface area (Å²) in [5.41, 5.74) is 2.56. The van der Waals surface area contributed by atoms with Crippen LogP contribution in [0, 0.1) is 5.92 Å². The number of carbonyl (C=O) groups is 1. The Morgan fingerprint density at radius 2 is 1.97 bits per heavy atom. The standard InChI is InChI=1S/C23H41N5O2/c1-4-22(29)28(16-18-9-13-30-14-10-18)21-7-5-19(6-8-21)23-20(15-25-26-23)17-27(3)12-11-24-2/h15,18-19,21,24H,4-14,16-17H2,1-3H3,(H,25,26)/t19-,21+. The molecule has 30 heavy (non-hydrogen) atoms. The molecule has 1 amide bonds. The molecule has 0 spiro atoms. The lowest BCUT2D eigenvalue weighted by atomic mass is 9.82. The van der Waals surface area contributed by atoms with Gasteiger partial charge in [0.2, 0.25) is 5.91 Å². The molecule has 2 fully saturated rings. The van der Waals surface area contributed by atoms with Gasteiger partial charge in [0, 0.05) is 69.5 Å². The summed E-state index contributed by atoms with van der Waals surface area (Å²) in [6, 6.07) is 0.386. The number of ether oxygens (including phenoxy) is 1. The van der Waals surface area contributed by atoms with Crippen molar-refractivity contribution in [2.75, 3.05) is 46.9 Å². The molecule has 2 heterocycles. The molecular weight excluding hydrogens is 378 g/mol. The van der Waals surface area contributed by atoms with E-state index in [2.05, 4.69) is 38.6 Å². The smallest absolute Gasteiger partial charge is 0.222 e. The van der Waals surface area contributed by atoms with Gasteiger partial charge in [-0.05, 0) is 58.5 Å². The molecule has 1 aliphatic carbocycles. The maximum atomic E-state index is 12.7. The molecular formula is C23H41N5O2. The molecule has 0 aromatic carbocycles. The Morgan fingerprint density at radius 3 is 2.63 bits per heavy atom. The van der Waals surface area contributed by atoms with E-state index in [1.807, 2.05) is 14.0 Å². The summed E-state index contributed by atoms with van der Waals surface area (Å²) >= 11 is 0. The minimum absolute atomic E-state index is 0.316. The van der Waals surface area contributed by atoms with Gasteiger partial charge >= 0.3 is 0 Å². The molecule has 3 rings (SSSR count). The number of likely N-dealkylation sites (N-methyl/N-ethyl adjacent to an activating group) is 2. The Bertz CT molecular complexity index is 635. The summed E-state index contributed by atoms with van der Waals surface area (Å²) in [6.45, 7) is 7.53. The molecule has 1 saturated carbocycles. The summed E-state index contributed by atoms with van der Waals surface area (Å²) in [5.74, 6) is 1.41. The van der Waals surface area contributed by atoms with Crippen molar-refractivity contribution in [3.63, 3.8) is 0 Å². The topological polar surface area (TPSA) is 73.5 Å². The summed E-state index contributed by atoms with van der Waals surface area (Å²) in [6.07, 6.45) is 9.24. The quantitative estimate of drug-likeness (QED) is 0.610. The Hall–Kier alpha value is -1.44. The van der Waals surface area contributed by atoms with E-state index in [0.29, 0.717) is 30.2 Å². The number of hydrogen-bond donors (Lipinski definition) is 2. The monoisotopic (exact) mass is 419 g/mol. The minimum Gasteiger partial charge on any atom is -0.381 e.